The number of hydrogen-bond donors (Lipinski definition) is 1. The van der Waals surface area contributed by atoms with E-state index in [2.05, 4.69) is 47.2 Å². The van der Waals surface area contributed by atoms with Gasteiger partial charge in [-0.3, -0.25) is 0 Å². The third-order valence-electron chi connectivity index (χ3n) is 3.93. The summed E-state index contributed by atoms with van der Waals surface area (Å²) >= 11 is 0. The van der Waals surface area contributed by atoms with Crippen LogP contribution in [0.2, 0.25) is 0 Å². The van der Waals surface area contributed by atoms with Crippen LogP contribution in [0.1, 0.15) is 16.8 Å². The Morgan fingerprint density at radius 1 is 1.18 bits per heavy atom. The summed E-state index contributed by atoms with van der Waals surface area (Å²) < 4.78 is 3.76. The first-order valence-corrected chi connectivity index (χ1v) is 7.11. The number of anilines is 2. The van der Waals surface area contributed by atoms with Gasteiger partial charge in [-0.2, -0.15) is 5.10 Å². The summed E-state index contributed by atoms with van der Waals surface area (Å²) in [5.41, 5.74) is 5.48. The lowest BCUT2D eigenvalue weighted by Gasteiger charge is -2.11. The Kier molecular flexibility index (Phi) is 3.58. The predicted molar refractivity (Wildman–Crippen MR) is 84.3 cm³/mol. The molecule has 6 nitrogen and oxygen atoms in total. The van der Waals surface area contributed by atoms with E-state index in [-0.39, 0.29) is 0 Å². The van der Waals surface area contributed by atoms with Crippen molar-refractivity contribution in [1.29, 1.82) is 0 Å². The van der Waals surface area contributed by atoms with Crippen LogP contribution in [0.5, 0.6) is 0 Å². The third kappa shape index (κ3) is 2.55. The number of nitrogens with one attached hydrogen (secondary N) is 1. The molecule has 1 N–H and O–H groups in total. The standard InChI is InChI=1S/C16H18N6/c1-11-7-14(22-9-17-8-19-22)5-6-15(11)20-16-12(2)13(3)21(4)10-18-16/h5-10H,1-4H3/p+1. The molecule has 0 radical (unpaired) electrons. The van der Waals surface area contributed by atoms with Gasteiger partial charge in [-0.05, 0) is 49.5 Å². The number of aromatic nitrogens is 5. The number of hydrogen-bond acceptors (Lipinski definition) is 4. The average molecular weight is 295 g/mol. The Morgan fingerprint density at radius 3 is 2.68 bits per heavy atom. The van der Waals surface area contributed by atoms with Gasteiger partial charge in [-0.25, -0.2) is 14.2 Å². The van der Waals surface area contributed by atoms with E-state index < -0.39 is 0 Å². The maximum absolute atomic E-state index is 4.47. The fraction of sp³-hybridized carbons (Fsp3) is 0.250. The fourth-order valence-corrected chi connectivity index (χ4v) is 2.29. The summed E-state index contributed by atoms with van der Waals surface area (Å²) in [6.45, 7) is 6.22. The highest BCUT2D eigenvalue weighted by Crippen LogP contribution is 2.23. The molecule has 3 aromatic rings. The minimum atomic E-state index is 0.882. The molecule has 0 atom stereocenters. The molecular weight excluding hydrogens is 276 g/mol. The smallest absolute Gasteiger partial charge is 0.288 e. The molecule has 0 unspecified atom stereocenters. The van der Waals surface area contributed by atoms with Gasteiger partial charge in [0.25, 0.3) is 12.1 Å². The average Bonchev–Trinajstić information content (AvgIpc) is 3.04. The zero-order valence-electron chi connectivity index (χ0n) is 13.2. The van der Waals surface area contributed by atoms with Crippen molar-refractivity contribution in [2.75, 3.05) is 5.32 Å². The molecule has 3 rings (SSSR count). The van der Waals surface area contributed by atoms with Crippen LogP contribution in [-0.2, 0) is 7.05 Å². The topological polar surface area (TPSA) is 59.5 Å². The normalized spacial score (nSPS) is 10.7. The monoisotopic (exact) mass is 295 g/mol. The van der Waals surface area contributed by atoms with Crippen molar-refractivity contribution in [3.05, 3.63) is 54.0 Å². The molecule has 2 heterocycles. The van der Waals surface area contributed by atoms with Crippen LogP contribution in [0.4, 0.5) is 11.5 Å². The van der Waals surface area contributed by atoms with Gasteiger partial charge >= 0.3 is 0 Å². The van der Waals surface area contributed by atoms with Crippen molar-refractivity contribution in [2.24, 2.45) is 7.05 Å². The molecule has 1 aromatic carbocycles. The molecule has 0 saturated carbocycles. The Labute approximate surface area is 129 Å². The van der Waals surface area contributed by atoms with E-state index >= 15 is 0 Å². The second-order valence-corrected chi connectivity index (χ2v) is 5.38. The second kappa shape index (κ2) is 5.55. The van der Waals surface area contributed by atoms with Gasteiger partial charge in [-0.15, -0.1) is 0 Å². The number of benzene rings is 1. The van der Waals surface area contributed by atoms with Gasteiger partial charge in [0.2, 0.25) is 0 Å². The molecule has 112 valence electrons. The van der Waals surface area contributed by atoms with Gasteiger partial charge in [0.05, 0.1) is 18.3 Å². The lowest BCUT2D eigenvalue weighted by Crippen LogP contribution is -2.33. The first-order valence-electron chi connectivity index (χ1n) is 7.11. The maximum Gasteiger partial charge on any atom is 0.288 e. The molecule has 0 aliphatic heterocycles. The minimum absolute atomic E-state index is 0.882. The van der Waals surface area contributed by atoms with Crippen LogP contribution in [0.15, 0.2) is 37.2 Å². The van der Waals surface area contributed by atoms with Crippen LogP contribution in [0.3, 0.4) is 0 Å². The largest absolute Gasteiger partial charge is 0.319 e. The van der Waals surface area contributed by atoms with E-state index in [9.17, 15) is 0 Å². The van der Waals surface area contributed by atoms with E-state index in [0.29, 0.717) is 0 Å². The summed E-state index contributed by atoms with van der Waals surface area (Å²) in [4.78, 5) is 8.44. The summed E-state index contributed by atoms with van der Waals surface area (Å²) in [7, 11) is 2.00. The molecule has 0 fully saturated rings. The van der Waals surface area contributed by atoms with E-state index in [4.69, 9.17) is 0 Å². The number of rotatable bonds is 3. The van der Waals surface area contributed by atoms with Gasteiger partial charge in [0.1, 0.15) is 18.3 Å². The van der Waals surface area contributed by atoms with Crippen molar-refractivity contribution >= 4 is 11.5 Å². The molecule has 0 saturated heterocycles. The Bertz CT molecular complexity index is 808. The molecule has 0 spiro atoms. The summed E-state index contributed by atoms with van der Waals surface area (Å²) in [6, 6.07) is 6.12. The highest BCUT2D eigenvalue weighted by molar-refractivity contribution is 5.64. The summed E-state index contributed by atoms with van der Waals surface area (Å²) in [6.07, 6.45) is 5.04. The maximum atomic E-state index is 4.47. The van der Waals surface area contributed by atoms with Gasteiger partial charge in [0, 0.05) is 5.69 Å². The highest BCUT2D eigenvalue weighted by Gasteiger charge is 2.13. The fourth-order valence-electron chi connectivity index (χ4n) is 2.29. The van der Waals surface area contributed by atoms with Crippen molar-refractivity contribution < 1.29 is 4.57 Å². The van der Waals surface area contributed by atoms with Crippen LogP contribution < -0.4 is 9.88 Å². The predicted octanol–water partition coefficient (Wildman–Crippen LogP) is 2.16. The lowest BCUT2D eigenvalue weighted by molar-refractivity contribution is -0.680. The van der Waals surface area contributed by atoms with E-state index in [1.807, 2.05) is 30.1 Å². The first-order chi connectivity index (χ1) is 10.6. The third-order valence-corrected chi connectivity index (χ3v) is 3.93. The van der Waals surface area contributed by atoms with Crippen LogP contribution in [-0.4, -0.2) is 19.7 Å². The van der Waals surface area contributed by atoms with Crippen molar-refractivity contribution in [3.8, 4) is 5.69 Å². The quantitative estimate of drug-likeness (QED) is 0.752. The lowest BCUT2D eigenvalue weighted by atomic mass is 10.1. The van der Waals surface area contributed by atoms with Crippen molar-refractivity contribution in [2.45, 2.75) is 20.8 Å². The molecule has 6 heteroatoms. The van der Waals surface area contributed by atoms with E-state index in [1.165, 1.54) is 12.0 Å². The Hall–Kier alpha value is -2.76. The highest BCUT2D eigenvalue weighted by atomic mass is 15.3. The van der Waals surface area contributed by atoms with Crippen LogP contribution >= 0.6 is 0 Å². The molecule has 0 bridgehead atoms. The first kappa shape index (κ1) is 14.2. The molecule has 22 heavy (non-hydrogen) atoms. The molecule has 2 aromatic heterocycles. The molecule has 0 amide bonds. The van der Waals surface area contributed by atoms with Gasteiger partial charge in [-0.1, -0.05) is 0 Å². The Morgan fingerprint density at radius 2 is 2.00 bits per heavy atom. The van der Waals surface area contributed by atoms with E-state index in [0.717, 1.165) is 28.3 Å². The van der Waals surface area contributed by atoms with Crippen molar-refractivity contribution in [1.82, 2.24) is 19.7 Å². The van der Waals surface area contributed by atoms with Crippen molar-refractivity contribution in [3.63, 3.8) is 0 Å². The van der Waals surface area contributed by atoms with Gasteiger partial charge < -0.3 is 5.32 Å². The molecule has 0 aliphatic carbocycles. The summed E-state index contributed by atoms with van der Waals surface area (Å²) in [5.74, 6) is 0.882. The zero-order valence-corrected chi connectivity index (χ0v) is 13.2. The zero-order chi connectivity index (χ0) is 15.7. The Balaban J connectivity index is 1.92. The van der Waals surface area contributed by atoms with Gasteiger partial charge in [0.15, 0.2) is 0 Å². The number of nitrogens with zero attached hydrogens (tertiary/aromatic N) is 5. The molecule has 0 aliphatic rings. The summed E-state index contributed by atoms with van der Waals surface area (Å²) in [5, 5.41) is 7.56. The SMILES string of the molecule is Cc1cc(-n2cncn2)ccc1Nc1nc[n+](C)c(C)c1C. The second-order valence-electron chi connectivity index (χ2n) is 5.38. The minimum Gasteiger partial charge on any atom is -0.319 e. The molecular formula is C16H19N6+. The van der Waals surface area contributed by atoms with Crippen LogP contribution in [0, 0.1) is 20.8 Å². The number of aryl methyl sites for hydroxylation is 2. The van der Waals surface area contributed by atoms with Crippen LogP contribution in [0.25, 0.3) is 5.69 Å². The van der Waals surface area contributed by atoms with E-state index in [1.54, 1.807) is 11.0 Å².